The van der Waals surface area contributed by atoms with Crippen LogP contribution in [-0.4, -0.2) is 43.5 Å². The number of nitrogens with zero attached hydrogens (tertiary/aromatic N) is 3. The molecule has 2 aromatic carbocycles. The zero-order valence-corrected chi connectivity index (χ0v) is 21.1. The lowest BCUT2D eigenvalue weighted by Gasteiger charge is -2.14. The summed E-state index contributed by atoms with van der Waals surface area (Å²) < 4.78 is 22.5. The highest BCUT2D eigenvalue weighted by Gasteiger charge is 2.13. The average Bonchev–Trinajstić information content (AvgIpc) is 3.30. The third-order valence-corrected chi connectivity index (χ3v) is 5.57. The van der Waals surface area contributed by atoms with E-state index in [0.29, 0.717) is 38.7 Å². The third kappa shape index (κ3) is 7.07. The number of carbonyl (C=O) groups excluding carboxylic acids is 1. The molecular formula is C26H26N4O5S. The predicted molar refractivity (Wildman–Crippen MR) is 138 cm³/mol. The van der Waals surface area contributed by atoms with Crippen LogP contribution in [0.1, 0.15) is 16.1 Å². The van der Waals surface area contributed by atoms with Crippen molar-refractivity contribution >= 4 is 28.5 Å². The largest absolute Gasteiger partial charge is 0.493 e. The van der Waals surface area contributed by atoms with Crippen molar-refractivity contribution in [3.8, 4) is 29.1 Å². The topological polar surface area (TPSA) is 116 Å². The predicted octanol–water partition coefficient (Wildman–Crippen LogP) is 4.60. The van der Waals surface area contributed by atoms with Gasteiger partial charge in [-0.15, -0.1) is 16.8 Å². The number of ether oxygens (including phenoxy) is 4. The molecule has 0 fully saturated rings. The zero-order chi connectivity index (χ0) is 25.9. The normalized spacial score (nSPS) is 10.8. The van der Waals surface area contributed by atoms with Gasteiger partial charge in [-0.05, 0) is 54.8 Å². The summed E-state index contributed by atoms with van der Waals surface area (Å²) in [6.45, 7) is 6.06. The fourth-order valence-corrected chi connectivity index (χ4v) is 3.73. The number of amides is 1. The number of nitrogens with one attached hydrogen (secondary N) is 1. The summed E-state index contributed by atoms with van der Waals surface area (Å²) in [7, 11) is 3.10. The number of nitriles is 1. The van der Waals surface area contributed by atoms with Crippen LogP contribution in [-0.2, 0) is 11.2 Å². The molecule has 0 bridgehead atoms. The van der Waals surface area contributed by atoms with Crippen LogP contribution < -0.4 is 24.3 Å². The van der Waals surface area contributed by atoms with Crippen LogP contribution >= 0.6 is 11.3 Å². The lowest BCUT2D eigenvalue weighted by molar-refractivity contribution is -0.112. The van der Waals surface area contributed by atoms with Gasteiger partial charge in [-0.25, -0.2) is 0 Å². The highest BCUT2D eigenvalue weighted by Crippen LogP contribution is 2.30. The Morgan fingerprint density at radius 2 is 1.72 bits per heavy atom. The van der Waals surface area contributed by atoms with Gasteiger partial charge >= 0.3 is 0 Å². The van der Waals surface area contributed by atoms with Gasteiger partial charge in [0.15, 0.2) is 23.0 Å². The summed E-state index contributed by atoms with van der Waals surface area (Å²) in [5, 5.41) is 20.7. The van der Waals surface area contributed by atoms with Crippen molar-refractivity contribution in [3.63, 3.8) is 0 Å². The Morgan fingerprint density at radius 3 is 2.31 bits per heavy atom. The molecule has 0 saturated heterocycles. The van der Waals surface area contributed by atoms with E-state index in [0.717, 1.165) is 12.0 Å². The van der Waals surface area contributed by atoms with Crippen molar-refractivity contribution in [2.24, 2.45) is 0 Å². The van der Waals surface area contributed by atoms with Gasteiger partial charge in [0.1, 0.15) is 29.9 Å². The number of aromatic nitrogens is 2. The standard InChI is InChI=1S/C26H26N4O5S/c1-5-6-18-7-9-21(23(14-18)32-3)34-11-12-35-22-10-8-19(15-24(22)33-4)13-20(16-27)25(31)28-26-30-29-17(2)36-26/h5,7-10,13-15H,1,6,11-12H2,2-4H3,(H,28,30,31). The Kier molecular flexibility index (Phi) is 9.42. The van der Waals surface area contributed by atoms with E-state index < -0.39 is 5.91 Å². The fourth-order valence-electron chi connectivity index (χ4n) is 3.15. The molecule has 0 aliphatic carbocycles. The van der Waals surface area contributed by atoms with E-state index in [9.17, 15) is 10.1 Å². The number of hydrogen-bond donors (Lipinski definition) is 1. The van der Waals surface area contributed by atoms with Crippen molar-refractivity contribution < 1.29 is 23.7 Å². The molecule has 36 heavy (non-hydrogen) atoms. The fraction of sp³-hybridized carbons (Fsp3) is 0.231. The molecule has 0 aliphatic rings. The molecule has 1 N–H and O–H groups in total. The van der Waals surface area contributed by atoms with Gasteiger partial charge in [-0.1, -0.05) is 29.5 Å². The van der Waals surface area contributed by atoms with Gasteiger partial charge in [-0.3, -0.25) is 10.1 Å². The van der Waals surface area contributed by atoms with Crippen molar-refractivity contribution in [2.75, 3.05) is 32.8 Å². The molecule has 0 aliphatic heterocycles. The van der Waals surface area contributed by atoms with Gasteiger partial charge in [0, 0.05) is 0 Å². The maximum Gasteiger partial charge on any atom is 0.268 e. The first-order chi connectivity index (χ1) is 17.5. The smallest absolute Gasteiger partial charge is 0.268 e. The summed E-state index contributed by atoms with van der Waals surface area (Å²) in [6, 6.07) is 12.7. The first kappa shape index (κ1) is 26.2. The number of benzene rings is 2. The van der Waals surface area contributed by atoms with Crippen molar-refractivity contribution in [2.45, 2.75) is 13.3 Å². The molecule has 1 heterocycles. The van der Waals surface area contributed by atoms with Crippen LogP contribution in [0.3, 0.4) is 0 Å². The molecule has 1 aromatic heterocycles. The first-order valence-electron chi connectivity index (χ1n) is 10.9. The average molecular weight is 507 g/mol. The minimum absolute atomic E-state index is 0.0833. The number of aryl methyl sites for hydroxylation is 1. The number of rotatable bonds is 12. The lowest BCUT2D eigenvalue weighted by atomic mass is 10.1. The van der Waals surface area contributed by atoms with Gasteiger partial charge in [0.2, 0.25) is 5.13 Å². The van der Waals surface area contributed by atoms with E-state index in [-0.39, 0.29) is 18.8 Å². The second-order valence-electron chi connectivity index (χ2n) is 7.34. The van der Waals surface area contributed by atoms with E-state index in [2.05, 4.69) is 22.1 Å². The highest BCUT2D eigenvalue weighted by atomic mass is 32.1. The quantitative estimate of drug-likeness (QED) is 0.164. The second-order valence-corrected chi connectivity index (χ2v) is 8.52. The van der Waals surface area contributed by atoms with E-state index in [4.69, 9.17) is 18.9 Å². The summed E-state index contributed by atoms with van der Waals surface area (Å²) >= 11 is 1.22. The third-order valence-electron chi connectivity index (χ3n) is 4.82. The van der Waals surface area contributed by atoms with Crippen LogP contribution in [0.5, 0.6) is 23.0 Å². The number of anilines is 1. The monoisotopic (exact) mass is 506 g/mol. The zero-order valence-electron chi connectivity index (χ0n) is 20.2. The molecule has 0 spiro atoms. The summed E-state index contributed by atoms with van der Waals surface area (Å²) in [5.41, 5.74) is 1.59. The Bertz CT molecular complexity index is 1300. The Hall–Kier alpha value is -4.36. The molecule has 0 unspecified atom stereocenters. The minimum Gasteiger partial charge on any atom is -0.493 e. The molecule has 10 heteroatoms. The maximum absolute atomic E-state index is 12.4. The SMILES string of the molecule is C=CCc1ccc(OCCOc2ccc(C=C(C#N)C(=O)Nc3nnc(C)s3)cc2OC)c(OC)c1. The van der Waals surface area contributed by atoms with Crippen molar-refractivity contribution in [3.05, 3.63) is 70.8 Å². The number of hydrogen-bond acceptors (Lipinski definition) is 9. The van der Waals surface area contributed by atoms with Crippen LogP contribution in [0.25, 0.3) is 6.08 Å². The molecule has 1 amide bonds. The molecular weight excluding hydrogens is 480 g/mol. The van der Waals surface area contributed by atoms with Gasteiger partial charge in [-0.2, -0.15) is 5.26 Å². The Balaban J connectivity index is 1.62. The van der Waals surface area contributed by atoms with Crippen LogP contribution in [0.15, 0.2) is 54.6 Å². The molecule has 0 saturated carbocycles. The molecule has 0 radical (unpaired) electrons. The van der Waals surface area contributed by atoms with E-state index >= 15 is 0 Å². The highest BCUT2D eigenvalue weighted by molar-refractivity contribution is 7.15. The van der Waals surface area contributed by atoms with E-state index in [1.165, 1.54) is 24.5 Å². The summed E-state index contributed by atoms with van der Waals surface area (Å²) in [4.78, 5) is 12.4. The van der Waals surface area contributed by atoms with E-state index in [1.807, 2.05) is 30.3 Å². The molecule has 3 aromatic rings. The number of methoxy groups -OCH3 is 2. The van der Waals surface area contributed by atoms with Crippen molar-refractivity contribution in [1.82, 2.24) is 10.2 Å². The van der Waals surface area contributed by atoms with Crippen LogP contribution in [0.2, 0.25) is 0 Å². The number of allylic oxidation sites excluding steroid dienone is 1. The van der Waals surface area contributed by atoms with Gasteiger partial charge in [0.25, 0.3) is 5.91 Å². The van der Waals surface area contributed by atoms with Gasteiger partial charge < -0.3 is 18.9 Å². The maximum atomic E-state index is 12.4. The number of carbonyl (C=O) groups is 1. The minimum atomic E-state index is -0.571. The molecule has 186 valence electrons. The summed E-state index contributed by atoms with van der Waals surface area (Å²) in [5.74, 6) is 1.64. The summed E-state index contributed by atoms with van der Waals surface area (Å²) in [6.07, 6.45) is 4.03. The van der Waals surface area contributed by atoms with Gasteiger partial charge in [0.05, 0.1) is 14.2 Å². The Labute approximate surface area is 213 Å². The molecule has 0 atom stereocenters. The van der Waals surface area contributed by atoms with Crippen molar-refractivity contribution in [1.29, 1.82) is 5.26 Å². The van der Waals surface area contributed by atoms with Crippen LogP contribution in [0.4, 0.5) is 5.13 Å². The first-order valence-corrected chi connectivity index (χ1v) is 11.7. The lowest BCUT2D eigenvalue weighted by Crippen LogP contribution is -2.13. The second kappa shape index (κ2) is 12.9. The Morgan fingerprint density at radius 1 is 1.06 bits per heavy atom. The molecule has 3 rings (SSSR count). The molecule has 9 nitrogen and oxygen atoms in total. The van der Waals surface area contributed by atoms with E-state index in [1.54, 1.807) is 32.2 Å². The van der Waals surface area contributed by atoms with Crippen LogP contribution in [0, 0.1) is 18.3 Å².